The summed E-state index contributed by atoms with van der Waals surface area (Å²) in [6.07, 6.45) is 3.15. The van der Waals surface area contributed by atoms with E-state index in [2.05, 4.69) is 17.2 Å². The summed E-state index contributed by atoms with van der Waals surface area (Å²) in [5.41, 5.74) is 0.895. The SMILES string of the molecule is C/C=C/C(=O)NCC#Cc1ccc(OC)cc1. The smallest absolute Gasteiger partial charge is 0.244 e. The Bertz CT molecular complexity index is 449. The molecule has 3 heteroatoms. The van der Waals surface area contributed by atoms with E-state index in [1.165, 1.54) is 6.08 Å². The van der Waals surface area contributed by atoms with E-state index in [0.717, 1.165) is 11.3 Å². The summed E-state index contributed by atoms with van der Waals surface area (Å²) in [5, 5.41) is 2.65. The minimum Gasteiger partial charge on any atom is -0.497 e. The molecule has 0 fully saturated rings. The van der Waals surface area contributed by atoms with Crippen LogP contribution >= 0.6 is 0 Å². The quantitative estimate of drug-likeness (QED) is 0.633. The van der Waals surface area contributed by atoms with Crippen molar-refractivity contribution in [1.29, 1.82) is 0 Å². The van der Waals surface area contributed by atoms with Crippen LogP contribution in [0.2, 0.25) is 0 Å². The van der Waals surface area contributed by atoms with Gasteiger partial charge in [0, 0.05) is 5.56 Å². The summed E-state index contributed by atoms with van der Waals surface area (Å²) in [4.78, 5) is 11.1. The van der Waals surface area contributed by atoms with E-state index in [1.54, 1.807) is 20.1 Å². The number of rotatable bonds is 3. The highest BCUT2D eigenvalue weighted by atomic mass is 16.5. The first-order chi connectivity index (χ1) is 8.26. The normalized spacial score (nSPS) is 9.53. The lowest BCUT2D eigenvalue weighted by molar-refractivity contribution is -0.116. The summed E-state index contributed by atoms with van der Waals surface area (Å²) in [6, 6.07) is 7.45. The Balaban J connectivity index is 2.46. The van der Waals surface area contributed by atoms with Gasteiger partial charge in [0.1, 0.15) is 5.75 Å². The lowest BCUT2D eigenvalue weighted by atomic mass is 10.2. The van der Waals surface area contributed by atoms with Gasteiger partial charge in [-0.3, -0.25) is 4.79 Å². The van der Waals surface area contributed by atoms with Crippen LogP contribution in [0, 0.1) is 11.8 Å². The Morgan fingerprint density at radius 3 is 2.71 bits per heavy atom. The molecule has 1 amide bonds. The molecule has 0 aromatic heterocycles. The second-order valence-corrected chi connectivity index (χ2v) is 3.25. The molecule has 0 aliphatic rings. The fourth-order valence-electron chi connectivity index (χ4n) is 1.16. The zero-order valence-corrected chi connectivity index (χ0v) is 9.99. The van der Waals surface area contributed by atoms with Crippen LogP contribution in [0.15, 0.2) is 36.4 Å². The Hall–Kier alpha value is -2.21. The van der Waals surface area contributed by atoms with Gasteiger partial charge in [-0.2, -0.15) is 0 Å². The number of carbonyl (C=O) groups excluding carboxylic acids is 1. The highest BCUT2D eigenvalue weighted by Crippen LogP contribution is 2.09. The number of carbonyl (C=O) groups is 1. The summed E-state index contributed by atoms with van der Waals surface area (Å²) in [5.74, 6) is 6.50. The van der Waals surface area contributed by atoms with E-state index in [4.69, 9.17) is 4.74 Å². The number of methoxy groups -OCH3 is 1. The van der Waals surface area contributed by atoms with Crippen molar-refractivity contribution < 1.29 is 9.53 Å². The van der Waals surface area contributed by atoms with Crippen LogP contribution in [0.4, 0.5) is 0 Å². The summed E-state index contributed by atoms with van der Waals surface area (Å²) in [6.45, 7) is 2.14. The molecule has 17 heavy (non-hydrogen) atoms. The highest BCUT2D eigenvalue weighted by molar-refractivity contribution is 5.87. The van der Waals surface area contributed by atoms with Gasteiger partial charge in [-0.25, -0.2) is 0 Å². The Morgan fingerprint density at radius 2 is 2.12 bits per heavy atom. The van der Waals surface area contributed by atoms with E-state index in [9.17, 15) is 4.79 Å². The minimum atomic E-state index is -0.128. The standard InChI is InChI=1S/C14H15NO2/c1-3-5-14(16)15-11-4-6-12-7-9-13(17-2)10-8-12/h3,5,7-10H,11H2,1-2H3,(H,15,16)/b5-3+. The Labute approximate surface area is 101 Å². The maximum absolute atomic E-state index is 11.1. The number of allylic oxidation sites excluding steroid dienone is 1. The van der Waals surface area contributed by atoms with Crippen molar-refractivity contribution in [2.24, 2.45) is 0 Å². The van der Waals surface area contributed by atoms with E-state index in [-0.39, 0.29) is 5.91 Å². The third kappa shape index (κ3) is 4.89. The zero-order valence-electron chi connectivity index (χ0n) is 9.99. The molecule has 0 atom stereocenters. The van der Waals surface area contributed by atoms with Crippen LogP contribution < -0.4 is 10.1 Å². The summed E-state index contributed by atoms with van der Waals surface area (Å²) in [7, 11) is 1.62. The third-order valence-corrected chi connectivity index (χ3v) is 1.99. The molecule has 0 unspecified atom stereocenters. The van der Waals surface area contributed by atoms with Gasteiger partial charge < -0.3 is 10.1 Å². The molecule has 0 saturated carbocycles. The highest BCUT2D eigenvalue weighted by Gasteiger charge is 1.91. The maximum atomic E-state index is 11.1. The van der Waals surface area contributed by atoms with Gasteiger partial charge in [-0.05, 0) is 37.3 Å². The Kier molecular flexibility index (Phi) is 5.39. The molecule has 0 spiro atoms. The second kappa shape index (κ2) is 7.13. The largest absolute Gasteiger partial charge is 0.497 e. The van der Waals surface area contributed by atoms with Crippen LogP contribution in [-0.4, -0.2) is 19.6 Å². The van der Waals surface area contributed by atoms with Crippen molar-refractivity contribution in [2.45, 2.75) is 6.92 Å². The van der Waals surface area contributed by atoms with Crippen molar-refractivity contribution in [3.63, 3.8) is 0 Å². The summed E-state index contributed by atoms with van der Waals surface area (Å²) >= 11 is 0. The van der Waals surface area contributed by atoms with Gasteiger partial charge in [0.15, 0.2) is 0 Å². The molecule has 0 radical (unpaired) electrons. The monoisotopic (exact) mass is 229 g/mol. The molecule has 0 aliphatic carbocycles. The predicted molar refractivity (Wildman–Crippen MR) is 67.7 cm³/mol. The van der Waals surface area contributed by atoms with Crippen molar-refractivity contribution in [3.8, 4) is 17.6 Å². The van der Waals surface area contributed by atoms with E-state index >= 15 is 0 Å². The number of hydrogen-bond acceptors (Lipinski definition) is 2. The minimum absolute atomic E-state index is 0.128. The number of hydrogen-bond donors (Lipinski definition) is 1. The first-order valence-electron chi connectivity index (χ1n) is 5.29. The van der Waals surface area contributed by atoms with Crippen molar-refractivity contribution in [3.05, 3.63) is 42.0 Å². The molecular formula is C14H15NO2. The maximum Gasteiger partial charge on any atom is 0.244 e. The predicted octanol–water partition coefficient (Wildman–Crippen LogP) is 1.74. The van der Waals surface area contributed by atoms with Gasteiger partial charge in [-0.1, -0.05) is 17.9 Å². The fraction of sp³-hybridized carbons (Fsp3) is 0.214. The van der Waals surface area contributed by atoms with E-state index < -0.39 is 0 Å². The van der Waals surface area contributed by atoms with Gasteiger partial charge in [-0.15, -0.1) is 0 Å². The average Bonchev–Trinajstić information content (AvgIpc) is 2.36. The molecule has 0 saturated heterocycles. The number of amides is 1. The molecule has 0 aliphatic heterocycles. The lowest BCUT2D eigenvalue weighted by Gasteiger charge is -1.97. The first-order valence-corrected chi connectivity index (χ1v) is 5.29. The molecule has 1 N–H and O–H groups in total. The number of benzene rings is 1. The van der Waals surface area contributed by atoms with Crippen molar-refractivity contribution in [1.82, 2.24) is 5.32 Å². The summed E-state index contributed by atoms with van der Waals surface area (Å²) < 4.78 is 5.04. The molecule has 1 aromatic rings. The molecule has 1 rings (SSSR count). The zero-order chi connectivity index (χ0) is 12.5. The lowest BCUT2D eigenvalue weighted by Crippen LogP contribution is -2.20. The molecule has 0 bridgehead atoms. The van der Waals surface area contributed by atoms with Gasteiger partial charge in [0.25, 0.3) is 0 Å². The molecular weight excluding hydrogens is 214 g/mol. The van der Waals surface area contributed by atoms with Crippen LogP contribution in [0.3, 0.4) is 0 Å². The number of nitrogens with one attached hydrogen (secondary N) is 1. The van der Waals surface area contributed by atoms with Gasteiger partial charge >= 0.3 is 0 Å². The Morgan fingerprint density at radius 1 is 1.41 bits per heavy atom. The topological polar surface area (TPSA) is 38.3 Å². The van der Waals surface area contributed by atoms with Crippen molar-refractivity contribution in [2.75, 3.05) is 13.7 Å². The first kappa shape index (κ1) is 12.9. The van der Waals surface area contributed by atoms with Crippen LogP contribution in [0.1, 0.15) is 12.5 Å². The average molecular weight is 229 g/mol. The van der Waals surface area contributed by atoms with Crippen LogP contribution in [0.5, 0.6) is 5.75 Å². The molecule has 3 nitrogen and oxygen atoms in total. The third-order valence-electron chi connectivity index (χ3n) is 1.99. The van der Waals surface area contributed by atoms with E-state index in [1.807, 2.05) is 24.3 Å². The molecule has 88 valence electrons. The van der Waals surface area contributed by atoms with Gasteiger partial charge in [0.05, 0.1) is 13.7 Å². The van der Waals surface area contributed by atoms with Crippen molar-refractivity contribution >= 4 is 5.91 Å². The number of ether oxygens (including phenoxy) is 1. The van der Waals surface area contributed by atoms with E-state index in [0.29, 0.717) is 6.54 Å². The fourth-order valence-corrected chi connectivity index (χ4v) is 1.16. The van der Waals surface area contributed by atoms with Crippen LogP contribution in [-0.2, 0) is 4.79 Å². The molecule has 0 heterocycles. The van der Waals surface area contributed by atoms with Gasteiger partial charge in [0.2, 0.25) is 5.91 Å². The van der Waals surface area contributed by atoms with Crippen LogP contribution in [0.25, 0.3) is 0 Å². The molecule has 1 aromatic carbocycles. The second-order valence-electron chi connectivity index (χ2n) is 3.25.